The van der Waals surface area contributed by atoms with Crippen LogP contribution in [0.15, 0.2) is 42.6 Å². The first-order valence-electron chi connectivity index (χ1n) is 7.89. The number of hydrogen-bond acceptors (Lipinski definition) is 5. The van der Waals surface area contributed by atoms with Gasteiger partial charge in [-0.3, -0.25) is 4.98 Å². The summed E-state index contributed by atoms with van der Waals surface area (Å²) in [6, 6.07) is 10.8. The summed E-state index contributed by atoms with van der Waals surface area (Å²) in [5.41, 5.74) is 2.37. The van der Waals surface area contributed by atoms with Crippen molar-refractivity contribution in [2.24, 2.45) is 0 Å². The number of hydrogen-bond donors (Lipinski definition) is 1. The van der Waals surface area contributed by atoms with Gasteiger partial charge in [0, 0.05) is 6.20 Å². The summed E-state index contributed by atoms with van der Waals surface area (Å²) >= 11 is 0. The number of nitrogens with one attached hydrogen (secondary N) is 1. The number of aromatic nitrogens is 1. The molecule has 0 radical (unpaired) electrons. The third-order valence-corrected chi connectivity index (χ3v) is 3.25. The van der Waals surface area contributed by atoms with Crippen LogP contribution >= 0.6 is 0 Å². The first-order valence-corrected chi connectivity index (χ1v) is 7.89. The molecule has 25 heavy (non-hydrogen) atoms. The van der Waals surface area contributed by atoms with Crippen LogP contribution in [0.4, 0.5) is 4.79 Å². The molecular formula is C19H22N2O4. The van der Waals surface area contributed by atoms with Gasteiger partial charge in [-0.15, -0.1) is 0 Å². The highest BCUT2D eigenvalue weighted by molar-refractivity contribution is 5.90. The number of pyridine rings is 1. The van der Waals surface area contributed by atoms with Crippen LogP contribution in [0.5, 0.6) is 0 Å². The Kier molecular flexibility index (Phi) is 5.75. The summed E-state index contributed by atoms with van der Waals surface area (Å²) in [6.07, 6.45) is 1.17. The summed E-state index contributed by atoms with van der Waals surface area (Å²) in [5, 5.41) is 2.68. The molecule has 1 aromatic heterocycles. The van der Waals surface area contributed by atoms with E-state index in [1.165, 1.54) is 7.11 Å². The maximum Gasteiger partial charge on any atom is 0.407 e. The van der Waals surface area contributed by atoms with Gasteiger partial charge >= 0.3 is 12.1 Å². The Labute approximate surface area is 147 Å². The third-order valence-electron chi connectivity index (χ3n) is 3.25. The molecule has 0 fully saturated rings. The van der Waals surface area contributed by atoms with Crippen molar-refractivity contribution in [1.82, 2.24) is 10.3 Å². The van der Waals surface area contributed by atoms with Crippen LogP contribution in [0.25, 0.3) is 11.1 Å². The number of nitrogens with zero attached hydrogens (tertiary/aromatic N) is 1. The second-order valence-electron chi connectivity index (χ2n) is 6.46. The first kappa shape index (κ1) is 18.4. The van der Waals surface area contributed by atoms with Crippen molar-refractivity contribution < 1.29 is 19.1 Å². The first-order chi connectivity index (χ1) is 11.8. The standard InChI is InChI=1S/C19H22N2O4/c1-19(2,3)25-18(23)21-12-16-11-14(8-9-20-16)13-6-5-7-15(10-13)17(22)24-4/h5-11H,12H2,1-4H3,(H,21,23). The summed E-state index contributed by atoms with van der Waals surface area (Å²) in [4.78, 5) is 27.6. The predicted molar refractivity (Wildman–Crippen MR) is 94.1 cm³/mol. The van der Waals surface area contributed by atoms with Crippen molar-refractivity contribution in [1.29, 1.82) is 0 Å². The van der Waals surface area contributed by atoms with Crippen molar-refractivity contribution in [3.63, 3.8) is 0 Å². The fourth-order valence-corrected chi connectivity index (χ4v) is 2.17. The molecule has 1 aromatic carbocycles. The lowest BCUT2D eigenvalue weighted by Gasteiger charge is -2.19. The van der Waals surface area contributed by atoms with Crippen molar-refractivity contribution in [3.05, 3.63) is 53.9 Å². The number of rotatable bonds is 4. The highest BCUT2D eigenvalue weighted by Gasteiger charge is 2.16. The summed E-state index contributed by atoms with van der Waals surface area (Å²) in [7, 11) is 1.35. The molecule has 0 saturated carbocycles. The van der Waals surface area contributed by atoms with Crippen LogP contribution in [-0.2, 0) is 16.0 Å². The number of carbonyl (C=O) groups excluding carboxylic acids is 2. The molecule has 1 amide bonds. The van der Waals surface area contributed by atoms with Gasteiger partial charge in [0.1, 0.15) is 5.60 Å². The molecule has 0 saturated heterocycles. The molecule has 0 aliphatic heterocycles. The van der Waals surface area contributed by atoms with Gasteiger partial charge < -0.3 is 14.8 Å². The Morgan fingerprint density at radius 1 is 1.12 bits per heavy atom. The lowest BCUT2D eigenvalue weighted by molar-refractivity contribution is 0.0521. The second-order valence-corrected chi connectivity index (χ2v) is 6.46. The molecule has 0 atom stereocenters. The SMILES string of the molecule is COC(=O)c1cccc(-c2ccnc(CNC(=O)OC(C)(C)C)c2)c1. The van der Waals surface area contributed by atoms with Crippen LogP contribution in [0.2, 0.25) is 0 Å². The monoisotopic (exact) mass is 342 g/mol. The molecule has 0 unspecified atom stereocenters. The van der Waals surface area contributed by atoms with E-state index in [1.54, 1.807) is 45.2 Å². The largest absolute Gasteiger partial charge is 0.465 e. The van der Waals surface area contributed by atoms with E-state index in [-0.39, 0.29) is 12.5 Å². The molecular weight excluding hydrogens is 320 g/mol. The highest BCUT2D eigenvalue weighted by atomic mass is 16.6. The highest BCUT2D eigenvalue weighted by Crippen LogP contribution is 2.21. The molecule has 0 aliphatic carbocycles. The van der Waals surface area contributed by atoms with Crippen molar-refractivity contribution in [2.75, 3.05) is 7.11 Å². The Bertz CT molecular complexity index is 766. The van der Waals surface area contributed by atoms with Gasteiger partial charge in [-0.1, -0.05) is 12.1 Å². The van der Waals surface area contributed by atoms with Gasteiger partial charge in [-0.05, 0) is 56.2 Å². The molecule has 0 spiro atoms. The van der Waals surface area contributed by atoms with Gasteiger partial charge in [0.25, 0.3) is 0 Å². The Balaban J connectivity index is 2.11. The minimum Gasteiger partial charge on any atom is -0.465 e. The maximum absolute atomic E-state index is 11.7. The Morgan fingerprint density at radius 3 is 2.52 bits per heavy atom. The average Bonchev–Trinajstić information content (AvgIpc) is 2.58. The summed E-state index contributed by atoms with van der Waals surface area (Å²) in [5.74, 6) is -0.386. The van der Waals surface area contributed by atoms with Gasteiger partial charge in [-0.25, -0.2) is 9.59 Å². The van der Waals surface area contributed by atoms with E-state index in [0.717, 1.165) is 11.1 Å². The third kappa shape index (κ3) is 5.60. The summed E-state index contributed by atoms with van der Waals surface area (Å²) < 4.78 is 9.94. The fourth-order valence-electron chi connectivity index (χ4n) is 2.17. The topological polar surface area (TPSA) is 77.5 Å². The lowest BCUT2D eigenvalue weighted by atomic mass is 10.0. The Hall–Kier alpha value is -2.89. The second kappa shape index (κ2) is 7.79. The van der Waals surface area contributed by atoms with Crippen LogP contribution in [0.3, 0.4) is 0 Å². The van der Waals surface area contributed by atoms with Gasteiger partial charge in [0.2, 0.25) is 0 Å². The molecule has 1 N–H and O–H groups in total. The fraction of sp³-hybridized carbons (Fsp3) is 0.316. The molecule has 132 valence electrons. The molecule has 6 heteroatoms. The number of ether oxygens (including phenoxy) is 2. The van der Waals surface area contributed by atoms with Crippen molar-refractivity contribution in [3.8, 4) is 11.1 Å². The number of benzene rings is 1. The van der Waals surface area contributed by atoms with Gasteiger partial charge in [-0.2, -0.15) is 0 Å². The van der Waals surface area contributed by atoms with E-state index in [2.05, 4.69) is 10.3 Å². The molecule has 0 bridgehead atoms. The molecule has 2 aromatic rings. The minimum atomic E-state index is -0.548. The van der Waals surface area contributed by atoms with E-state index in [4.69, 9.17) is 9.47 Å². The van der Waals surface area contributed by atoms with Gasteiger partial charge in [0.05, 0.1) is 24.9 Å². The minimum absolute atomic E-state index is 0.249. The zero-order valence-electron chi connectivity index (χ0n) is 14.8. The molecule has 0 aliphatic rings. The zero-order chi connectivity index (χ0) is 18.4. The quantitative estimate of drug-likeness (QED) is 0.860. The maximum atomic E-state index is 11.7. The van der Waals surface area contributed by atoms with Crippen molar-refractivity contribution >= 4 is 12.1 Å². The number of alkyl carbamates (subject to hydrolysis) is 1. The van der Waals surface area contributed by atoms with Crippen LogP contribution in [0.1, 0.15) is 36.8 Å². The summed E-state index contributed by atoms with van der Waals surface area (Å²) in [6.45, 7) is 5.67. The van der Waals surface area contributed by atoms with E-state index in [1.807, 2.05) is 18.2 Å². The normalized spacial score (nSPS) is 10.9. The van der Waals surface area contributed by atoms with Crippen LogP contribution in [0, 0.1) is 0 Å². The smallest absolute Gasteiger partial charge is 0.407 e. The molecule has 6 nitrogen and oxygen atoms in total. The van der Waals surface area contributed by atoms with Crippen molar-refractivity contribution in [2.45, 2.75) is 32.9 Å². The Morgan fingerprint density at radius 2 is 1.84 bits per heavy atom. The van der Waals surface area contributed by atoms with E-state index in [9.17, 15) is 9.59 Å². The average molecular weight is 342 g/mol. The molecule has 1 heterocycles. The van der Waals surface area contributed by atoms with Crippen LogP contribution < -0.4 is 5.32 Å². The number of methoxy groups -OCH3 is 1. The number of esters is 1. The van der Waals surface area contributed by atoms with E-state index >= 15 is 0 Å². The molecule has 2 rings (SSSR count). The number of amides is 1. The number of carbonyl (C=O) groups is 2. The van der Waals surface area contributed by atoms with E-state index < -0.39 is 11.7 Å². The van der Waals surface area contributed by atoms with E-state index in [0.29, 0.717) is 11.3 Å². The van der Waals surface area contributed by atoms with Gasteiger partial charge in [0.15, 0.2) is 0 Å². The lowest BCUT2D eigenvalue weighted by Crippen LogP contribution is -2.32. The zero-order valence-corrected chi connectivity index (χ0v) is 14.8. The van der Waals surface area contributed by atoms with Crippen LogP contribution in [-0.4, -0.2) is 29.8 Å². The predicted octanol–water partition coefficient (Wildman–Crippen LogP) is 3.56.